The van der Waals surface area contributed by atoms with E-state index < -0.39 is 0 Å². The molecule has 0 saturated heterocycles. The Morgan fingerprint density at radius 3 is 2.73 bits per heavy atom. The standard InChI is InChI=1S/C9H14OSi/c1-2-5-8-6-3-4-7-9(8)10-11/h3-4,6-7H,2,5H2,1,11H3. The van der Waals surface area contributed by atoms with Gasteiger partial charge < -0.3 is 4.43 Å². The van der Waals surface area contributed by atoms with Crippen LogP contribution >= 0.6 is 0 Å². The molecule has 0 aliphatic rings. The van der Waals surface area contributed by atoms with Crippen LogP contribution in [-0.2, 0) is 6.42 Å². The molecule has 0 radical (unpaired) electrons. The third-order valence-corrected chi connectivity index (χ3v) is 2.15. The lowest BCUT2D eigenvalue weighted by molar-refractivity contribution is 0.603. The highest BCUT2D eigenvalue weighted by atomic mass is 28.2. The fourth-order valence-electron chi connectivity index (χ4n) is 1.18. The Kier molecular flexibility index (Phi) is 3.17. The molecule has 1 aromatic carbocycles. The van der Waals surface area contributed by atoms with Gasteiger partial charge in [-0.25, -0.2) is 0 Å². The smallest absolute Gasteiger partial charge is 0.204 e. The van der Waals surface area contributed by atoms with Crippen LogP contribution in [0.4, 0.5) is 0 Å². The second-order valence-corrected chi connectivity index (χ2v) is 2.97. The summed E-state index contributed by atoms with van der Waals surface area (Å²) in [6.07, 6.45) is 2.31. The van der Waals surface area contributed by atoms with Gasteiger partial charge in [0.25, 0.3) is 0 Å². The summed E-state index contributed by atoms with van der Waals surface area (Å²) in [5.74, 6) is 1.07. The first kappa shape index (κ1) is 8.33. The molecule has 0 heterocycles. The van der Waals surface area contributed by atoms with Gasteiger partial charge in [0.1, 0.15) is 5.75 Å². The van der Waals surface area contributed by atoms with Crippen molar-refractivity contribution in [3.63, 3.8) is 0 Å². The van der Waals surface area contributed by atoms with E-state index in [4.69, 9.17) is 4.43 Å². The number of benzene rings is 1. The van der Waals surface area contributed by atoms with Crippen molar-refractivity contribution < 1.29 is 4.43 Å². The molecule has 0 fully saturated rings. The molecule has 0 aliphatic carbocycles. The maximum Gasteiger partial charge on any atom is 0.204 e. The molecule has 1 aromatic rings. The third-order valence-electron chi connectivity index (χ3n) is 1.71. The summed E-state index contributed by atoms with van der Waals surface area (Å²) in [7, 11) is 0.782. The van der Waals surface area contributed by atoms with Crippen molar-refractivity contribution in [2.45, 2.75) is 19.8 Å². The zero-order chi connectivity index (χ0) is 8.10. The second kappa shape index (κ2) is 4.19. The van der Waals surface area contributed by atoms with Crippen molar-refractivity contribution in [3.05, 3.63) is 29.8 Å². The molecule has 0 bridgehead atoms. The number of aryl methyl sites for hydroxylation is 1. The van der Waals surface area contributed by atoms with Crippen LogP contribution in [0, 0.1) is 0 Å². The van der Waals surface area contributed by atoms with Gasteiger partial charge in [0.15, 0.2) is 0 Å². The van der Waals surface area contributed by atoms with Gasteiger partial charge in [-0.1, -0.05) is 31.5 Å². The van der Waals surface area contributed by atoms with Gasteiger partial charge in [-0.2, -0.15) is 0 Å². The van der Waals surface area contributed by atoms with Crippen LogP contribution < -0.4 is 4.43 Å². The molecule has 1 nitrogen and oxygen atoms in total. The Morgan fingerprint density at radius 2 is 2.09 bits per heavy atom. The summed E-state index contributed by atoms with van der Waals surface area (Å²) >= 11 is 0. The van der Waals surface area contributed by atoms with Gasteiger partial charge in [0, 0.05) is 0 Å². The lowest BCUT2D eigenvalue weighted by Gasteiger charge is -2.06. The first-order valence-electron chi connectivity index (χ1n) is 4.00. The Bertz CT molecular complexity index is 223. The van der Waals surface area contributed by atoms with E-state index >= 15 is 0 Å². The summed E-state index contributed by atoms with van der Waals surface area (Å²) in [4.78, 5) is 0. The molecular weight excluding hydrogens is 152 g/mol. The van der Waals surface area contributed by atoms with Crippen LogP contribution in [0.3, 0.4) is 0 Å². The van der Waals surface area contributed by atoms with Crippen LogP contribution in [0.25, 0.3) is 0 Å². The molecule has 11 heavy (non-hydrogen) atoms. The molecular formula is C9H14OSi. The normalized spacial score (nSPS) is 9.91. The van der Waals surface area contributed by atoms with E-state index in [0.29, 0.717) is 0 Å². The minimum atomic E-state index is 0.782. The predicted octanol–water partition coefficient (Wildman–Crippen LogP) is 1.30. The topological polar surface area (TPSA) is 9.23 Å². The van der Waals surface area contributed by atoms with Crippen molar-refractivity contribution in [2.24, 2.45) is 0 Å². The SMILES string of the molecule is CCCc1ccccc1O[SiH3]. The number of rotatable bonds is 3. The minimum absolute atomic E-state index is 0.782. The second-order valence-electron chi connectivity index (χ2n) is 2.56. The molecule has 0 aromatic heterocycles. The van der Waals surface area contributed by atoms with Crippen LogP contribution in [-0.4, -0.2) is 10.5 Å². The van der Waals surface area contributed by atoms with Gasteiger partial charge in [0.2, 0.25) is 10.5 Å². The largest absolute Gasteiger partial charge is 0.553 e. The molecule has 1 rings (SSSR count). The minimum Gasteiger partial charge on any atom is -0.553 e. The summed E-state index contributed by atoms with van der Waals surface area (Å²) in [6, 6.07) is 8.26. The van der Waals surface area contributed by atoms with Gasteiger partial charge in [0.05, 0.1) is 0 Å². The van der Waals surface area contributed by atoms with E-state index in [9.17, 15) is 0 Å². The van der Waals surface area contributed by atoms with Crippen LogP contribution in [0.15, 0.2) is 24.3 Å². The molecule has 2 heteroatoms. The third kappa shape index (κ3) is 2.08. The zero-order valence-corrected chi connectivity index (χ0v) is 9.13. The van der Waals surface area contributed by atoms with Crippen molar-refractivity contribution in [1.29, 1.82) is 0 Å². The molecule has 0 amide bonds. The monoisotopic (exact) mass is 166 g/mol. The highest BCUT2D eigenvalue weighted by Crippen LogP contribution is 2.17. The molecule has 0 aliphatic heterocycles. The number of hydrogen-bond acceptors (Lipinski definition) is 1. The molecule has 60 valence electrons. The van der Waals surface area contributed by atoms with E-state index in [1.165, 1.54) is 12.0 Å². The van der Waals surface area contributed by atoms with E-state index in [0.717, 1.165) is 22.7 Å². The average Bonchev–Trinajstić information content (AvgIpc) is 2.06. The lowest BCUT2D eigenvalue weighted by Crippen LogP contribution is -1.91. The van der Waals surface area contributed by atoms with E-state index in [1.54, 1.807) is 0 Å². The summed E-state index contributed by atoms with van der Waals surface area (Å²) in [5.41, 5.74) is 1.34. The Labute approximate surface area is 70.9 Å². The Balaban J connectivity index is 2.83. The highest BCUT2D eigenvalue weighted by Gasteiger charge is 1.97. The van der Waals surface area contributed by atoms with Gasteiger partial charge >= 0.3 is 0 Å². The predicted molar refractivity (Wildman–Crippen MR) is 51.0 cm³/mol. The van der Waals surface area contributed by atoms with Gasteiger partial charge in [-0.05, 0) is 18.1 Å². The molecule has 0 atom stereocenters. The summed E-state index contributed by atoms with van der Waals surface area (Å²) in [6.45, 7) is 2.18. The van der Waals surface area contributed by atoms with Crippen LogP contribution in [0.1, 0.15) is 18.9 Å². The van der Waals surface area contributed by atoms with Crippen molar-refractivity contribution >= 4 is 10.5 Å². The maximum atomic E-state index is 5.34. The Morgan fingerprint density at radius 1 is 1.36 bits per heavy atom. The van der Waals surface area contributed by atoms with Crippen molar-refractivity contribution in [2.75, 3.05) is 0 Å². The van der Waals surface area contributed by atoms with Crippen LogP contribution in [0.5, 0.6) is 5.75 Å². The molecule has 0 unspecified atom stereocenters. The Hall–Kier alpha value is -0.763. The van der Waals surface area contributed by atoms with Crippen molar-refractivity contribution in [3.8, 4) is 5.75 Å². The van der Waals surface area contributed by atoms with Gasteiger partial charge in [-0.15, -0.1) is 0 Å². The fourth-order valence-corrected chi connectivity index (χ4v) is 1.58. The van der Waals surface area contributed by atoms with Crippen LogP contribution in [0.2, 0.25) is 0 Å². The van der Waals surface area contributed by atoms with Gasteiger partial charge in [-0.3, -0.25) is 0 Å². The average molecular weight is 166 g/mol. The molecule has 0 saturated carbocycles. The summed E-state index contributed by atoms with van der Waals surface area (Å²) < 4.78 is 5.34. The maximum absolute atomic E-state index is 5.34. The molecule has 0 N–H and O–H groups in total. The number of para-hydroxylation sites is 1. The molecule has 0 spiro atoms. The van der Waals surface area contributed by atoms with E-state index in [-0.39, 0.29) is 0 Å². The van der Waals surface area contributed by atoms with E-state index in [1.807, 2.05) is 12.1 Å². The van der Waals surface area contributed by atoms with Crippen molar-refractivity contribution in [1.82, 2.24) is 0 Å². The fraction of sp³-hybridized carbons (Fsp3) is 0.333. The zero-order valence-electron chi connectivity index (χ0n) is 7.13. The quantitative estimate of drug-likeness (QED) is 0.615. The first-order valence-corrected chi connectivity index (χ1v) is 4.82. The summed E-state index contributed by atoms with van der Waals surface area (Å²) in [5, 5.41) is 0. The first-order chi connectivity index (χ1) is 5.38. The lowest BCUT2D eigenvalue weighted by atomic mass is 10.1. The highest BCUT2D eigenvalue weighted by molar-refractivity contribution is 6.00. The number of hydrogen-bond donors (Lipinski definition) is 0. The van der Waals surface area contributed by atoms with E-state index in [2.05, 4.69) is 19.1 Å².